The molecule has 4 rings (SSSR count). The Morgan fingerprint density at radius 2 is 1.74 bits per heavy atom. The van der Waals surface area contributed by atoms with Gasteiger partial charge in [0.05, 0.1) is 14.2 Å². The molecule has 0 unspecified atom stereocenters. The molecule has 1 aliphatic rings. The maximum absolute atomic E-state index is 13.3. The van der Waals surface area contributed by atoms with Crippen LogP contribution in [0.25, 0.3) is 0 Å². The average molecular weight is 479 g/mol. The Bertz CT molecular complexity index is 1210. The number of nitrogens with one attached hydrogen (secondary N) is 1. The standard InChI is InChI=1S/C27H27FN2O5/c1-4-24-27(32)30(15-17-5-7-20(28)8-6-17)16-19-11-21(9-10-25(19)35-24)29-26(31)18-12-22(33-2)14-23(13-18)34-3/h5-14,24H,4,15-16H2,1-3H3,(H,29,31)/t24-/m0/s1. The number of amides is 2. The summed E-state index contributed by atoms with van der Waals surface area (Å²) in [5.74, 6) is 0.804. The van der Waals surface area contributed by atoms with Crippen LogP contribution in [0.3, 0.4) is 0 Å². The predicted molar refractivity (Wildman–Crippen MR) is 129 cm³/mol. The Balaban J connectivity index is 1.58. The molecule has 1 aliphatic heterocycles. The molecule has 0 aromatic heterocycles. The molecule has 2 amide bonds. The normalized spacial score (nSPS) is 15.0. The van der Waals surface area contributed by atoms with Crippen LogP contribution >= 0.6 is 0 Å². The summed E-state index contributed by atoms with van der Waals surface area (Å²) in [6.07, 6.45) is -0.115. The third kappa shape index (κ3) is 5.54. The molecule has 0 spiro atoms. The lowest BCUT2D eigenvalue weighted by atomic mass is 10.1. The molecule has 0 fully saturated rings. The fourth-order valence-corrected chi connectivity index (χ4v) is 3.93. The minimum absolute atomic E-state index is 0.137. The van der Waals surface area contributed by atoms with Gasteiger partial charge in [0, 0.05) is 36.0 Å². The molecule has 1 atom stereocenters. The van der Waals surface area contributed by atoms with Crippen molar-refractivity contribution in [1.82, 2.24) is 4.90 Å². The van der Waals surface area contributed by atoms with E-state index in [0.717, 1.165) is 11.1 Å². The zero-order chi connectivity index (χ0) is 24.9. The van der Waals surface area contributed by atoms with E-state index in [0.29, 0.717) is 48.0 Å². The lowest BCUT2D eigenvalue weighted by Crippen LogP contribution is -2.38. The minimum Gasteiger partial charge on any atom is -0.497 e. The molecule has 1 N–H and O–H groups in total. The topological polar surface area (TPSA) is 77.1 Å². The van der Waals surface area contributed by atoms with Crippen molar-refractivity contribution in [3.8, 4) is 17.2 Å². The van der Waals surface area contributed by atoms with Gasteiger partial charge in [0.15, 0.2) is 6.10 Å². The zero-order valence-electron chi connectivity index (χ0n) is 19.8. The highest BCUT2D eigenvalue weighted by Gasteiger charge is 2.30. The van der Waals surface area contributed by atoms with Crippen molar-refractivity contribution in [2.24, 2.45) is 0 Å². The number of ether oxygens (including phenoxy) is 3. The summed E-state index contributed by atoms with van der Waals surface area (Å²) >= 11 is 0. The number of fused-ring (bicyclic) bond motifs is 1. The van der Waals surface area contributed by atoms with E-state index in [1.165, 1.54) is 26.4 Å². The van der Waals surface area contributed by atoms with Crippen molar-refractivity contribution in [2.75, 3.05) is 19.5 Å². The summed E-state index contributed by atoms with van der Waals surface area (Å²) in [6, 6.07) is 16.3. The Labute approximate surface area is 203 Å². The van der Waals surface area contributed by atoms with Crippen LogP contribution in [0.15, 0.2) is 60.7 Å². The van der Waals surface area contributed by atoms with Crippen molar-refractivity contribution in [3.63, 3.8) is 0 Å². The molecule has 8 heteroatoms. The number of rotatable bonds is 7. The summed E-state index contributed by atoms with van der Waals surface area (Å²) in [6.45, 7) is 2.50. The summed E-state index contributed by atoms with van der Waals surface area (Å²) in [5, 5.41) is 2.89. The summed E-state index contributed by atoms with van der Waals surface area (Å²) < 4.78 is 29.8. The molecular formula is C27H27FN2O5. The van der Waals surface area contributed by atoms with Crippen molar-refractivity contribution in [1.29, 1.82) is 0 Å². The number of hydrogen-bond donors (Lipinski definition) is 1. The van der Waals surface area contributed by atoms with Crippen molar-refractivity contribution in [3.05, 3.63) is 83.2 Å². The summed E-state index contributed by atoms with van der Waals surface area (Å²) in [4.78, 5) is 27.7. The molecule has 3 aromatic carbocycles. The van der Waals surface area contributed by atoms with Crippen LogP contribution in [-0.4, -0.2) is 37.0 Å². The predicted octanol–water partition coefficient (Wildman–Crippen LogP) is 4.80. The van der Waals surface area contributed by atoms with E-state index in [4.69, 9.17) is 14.2 Å². The molecule has 182 valence electrons. The maximum atomic E-state index is 13.3. The lowest BCUT2D eigenvalue weighted by molar-refractivity contribution is -0.139. The first-order valence-corrected chi connectivity index (χ1v) is 11.3. The van der Waals surface area contributed by atoms with Crippen molar-refractivity contribution in [2.45, 2.75) is 32.5 Å². The van der Waals surface area contributed by atoms with Crippen LogP contribution in [0.5, 0.6) is 17.2 Å². The molecular weight excluding hydrogens is 451 g/mol. The van der Waals surface area contributed by atoms with E-state index < -0.39 is 6.10 Å². The van der Waals surface area contributed by atoms with Crippen LogP contribution in [0.1, 0.15) is 34.8 Å². The van der Waals surface area contributed by atoms with Gasteiger partial charge in [0.1, 0.15) is 23.1 Å². The van der Waals surface area contributed by atoms with Gasteiger partial charge in [0.25, 0.3) is 11.8 Å². The first-order chi connectivity index (χ1) is 16.9. The fourth-order valence-electron chi connectivity index (χ4n) is 3.93. The van der Waals surface area contributed by atoms with E-state index in [9.17, 15) is 14.0 Å². The number of methoxy groups -OCH3 is 2. The second kappa shape index (κ2) is 10.5. The number of carbonyl (C=O) groups is 2. The zero-order valence-corrected chi connectivity index (χ0v) is 19.8. The molecule has 0 saturated carbocycles. The Kier molecular flexibility index (Phi) is 7.19. The number of carbonyl (C=O) groups excluding carboxylic acids is 2. The molecule has 0 aliphatic carbocycles. The monoisotopic (exact) mass is 478 g/mol. The van der Waals surface area contributed by atoms with Gasteiger partial charge in [-0.15, -0.1) is 0 Å². The number of benzene rings is 3. The lowest BCUT2D eigenvalue weighted by Gasteiger charge is -2.23. The molecule has 3 aromatic rings. The molecule has 7 nitrogen and oxygen atoms in total. The van der Waals surface area contributed by atoms with E-state index in [1.54, 1.807) is 53.4 Å². The van der Waals surface area contributed by atoms with Gasteiger partial charge in [-0.2, -0.15) is 0 Å². The minimum atomic E-state index is -0.624. The third-order valence-corrected chi connectivity index (χ3v) is 5.81. The number of nitrogens with zero attached hydrogens (tertiary/aromatic N) is 1. The maximum Gasteiger partial charge on any atom is 0.264 e. The Morgan fingerprint density at radius 1 is 1.06 bits per heavy atom. The Morgan fingerprint density at radius 3 is 2.37 bits per heavy atom. The van der Waals surface area contributed by atoms with Crippen LogP contribution in [0.2, 0.25) is 0 Å². The van der Waals surface area contributed by atoms with E-state index in [2.05, 4.69) is 5.32 Å². The fraction of sp³-hybridized carbons (Fsp3) is 0.259. The van der Waals surface area contributed by atoms with Gasteiger partial charge < -0.3 is 24.4 Å². The summed E-state index contributed by atoms with van der Waals surface area (Å²) in [5.41, 5.74) is 2.52. The van der Waals surface area contributed by atoms with Crippen LogP contribution in [-0.2, 0) is 17.9 Å². The number of hydrogen-bond acceptors (Lipinski definition) is 5. The van der Waals surface area contributed by atoms with E-state index >= 15 is 0 Å². The largest absolute Gasteiger partial charge is 0.497 e. The second-order valence-electron chi connectivity index (χ2n) is 8.21. The van der Waals surface area contributed by atoms with E-state index in [1.807, 2.05) is 6.92 Å². The van der Waals surface area contributed by atoms with Gasteiger partial charge in [-0.25, -0.2) is 4.39 Å². The average Bonchev–Trinajstić information content (AvgIpc) is 3.00. The number of anilines is 1. The smallest absolute Gasteiger partial charge is 0.264 e. The van der Waals surface area contributed by atoms with Gasteiger partial charge in [-0.3, -0.25) is 9.59 Å². The van der Waals surface area contributed by atoms with Crippen LogP contribution in [0.4, 0.5) is 10.1 Å². The van der Waals surface area contributed by atoms with E-state index in [-0.39, 0.29) is 17.6 Å². The SMILES string of the molecule is CC[C@@H]1Oc2ccc(NC(=O)c3cc(OC)cc(OC)c3)cc2CN(Cc2ccc(F)cc2)C1=O. The highest BCUT2D eigenvalue weighted by atomic mass is 19.1. The van der Waals surface area contributed by atoms with Crippen molar-refractivity contribution >= 4 is 17.5 Å². The van der Waals surface area contributed by atoms with Crippen LogP contribution < -0.4 is 19.5 Å². The first kappa shape index (κ1) is 24.1. The molecule has 35 heavy (non-hydrogen) atoms. The van der Waals surface area contributed by atoms with Gasteiger partial charge in [0.2, 0.25) is 0 Å². The van der Waals surface area contributed by atoms with Gasteiger partial charge >= 0.3 is 0 Å². The third-order valence-electron chi connectivity index (χ3n) is 5.81. The highest BCUT2D eigenvalue weighted by Crippen LogP contribution is 2.31. The highest BCUT2D eigenvalue weighted by molar-refractivity contribution is 6.05. The summed E-state index contributed by atoms with van der Waals surface area (Å²) in [7, 11) is 3.04. The number of halogens is 1. The van der Waals surface area contributed by atoms with Crippen LogP contribution in [0, 0.1) is 5.82 Å². The van der Waals surface area contributed by atoms with Gasteiger partial charge in [-0.1, -0.05) is 19.1 Å². The van der Waals surface area contributed by atoms with Gasteiger partial charge in [-0.05, 0) is 54.4 Å². The second-order valence-corrected chi connectivity index (χ2v) is 8.21. The quantitative estimate of drug-likeness (QED) is 0.528. The molecule has 0 saturated heterocycles. The molecule has 0 radical (unpaired) electrons. The molecule has 0 bridgehead atoms. The molecule has 1 heterocycles. The first-order valence-electron chi connectivity index (χ1n) is 11.3. The Hall–Kier alpha value is -4.07. The van der Waals surface area contributed by atoms with Crippen molar-refractivity contribution < 1.29 is 28.2 Å².